The molecule has 3 aliphatic rings. The van der Waals surface area contributed by atoms with Gasteiger partial charge in [0.2, 0.25) is 0 Å². The third kappa shape index (κ3) is 3.63. The van der Waals surface area contributed by atoms with Gasteiger partial charge in [0.1, 0.15) is 0 Å². The van der Waals surface area contributed by atoms with Crippen molar-refractivity contribution in [2.24, 2.45) is 0 Å². The van der Waals surface area contributed by atoms with Gasteiger partial charge in [0.25, 0.3) is 0 Å². The van der Waals surface area contributed by atoms with Crippen LogP contribution in [-0.2, 0) is 20.9 Å². The molecule has 2 heterocycles. The van der Waals surface area contributed by atoms with Crippen LogP contribution in [0.1, 0.15) is 56.4 Å². The minimum atomic E-state index is -0.307. The van der Waals surface area contributed by atoms with E-state index in [0.717, 1.165) is 77.7 Å². The summed E-state index contributed by atoms with van der Waals surface area (Å²) >= 11 is 0. The maximum atomic E-state index is 13.5. The normalized spacial score (nSPS) is 19.2. The van der Waals surface area contributed by atoms with Gasteiger partial charge >= 0.3 is 0 Å². The largest absolute Gasteiger partial charge is 0.385 e. The van der Waals surface area contributed by atoms with Crippen LogP contribution >= 0.6 is 0 Å². The van der Waals surface area contributed by atoms with Gasteiger partial charge in [0.15, 0.2) is 11.6 Å². The summed E-state index contributed by atoms with van der Waals surface area (Å²) in [7, 11) is 1.71. The van der Waals surface area contributed by atoms with Crippen LogP contribution in [-0.4, -0.2) is 41.3 Å². The smallest absolute Gasteiger partial charge is 0.161 e. The number of fused-ring (bicyclic) bond motifs is 1. The van der Waals surface area contributed by atoms with Gasteiger partial charge in [-0.2, -0.15) is 0 Å². The zero-order valence-electron chi connectivity index (χ0n) is 19.2. The van der Waals surface area contributed by atoms with Crippen LogP contribution < -0.4 is 0 Å². The lowest BCUT2D eigenvalue weighted by Gasteiger charge is -2.44. The molecule has 0 saturated heterocycles. The van der Waals surface area contributed by atoms with Crippen molar-refractivity contribution in [3.8, 4) is 12.3 Å². The average Bonchev–Trinajstić information content (AvgIpc) is 3.18. The van der Waals surface area contributed by atoms with E-state index in [-0.39, 0.29) is 17.5 Å². The lowest BCUT2D eigenvalue weighted by Crippen LogP contribution is -2.39. The number of hydrogen-bond acceptors (Lipinski definition) is 4. The molecule has 5 nitrogen and oxygen atoms in total. The quantitative estimate of drug-likeness (QED) is 0.480. The van der Waals surface area contributed by atoms with Crippen molar-refractivity contribution in [2.45, 2.75) is 57.4 Å². The summed E-state index contributed by atoms with van der Waals surface area (Å²) < 4.78 is 7.37. The Bertz CT molecular complexity index is 1180. The molecule has 2 aliphatic carbocycles. The number of aromatic nitrogens is 1. The van der Waals surface area contributed by atoms with E-state index in [1.54, 1.807) is 7.11 Å². The van der Waals surface area contributed by atoms with Crippen LogP contribution in [0.4, 0.5) is 0 Å². The molecule has 170 valence electrons. The number of para-hydroxylation sites is 1. The van der Waals surface area contributed by atoms with Gasteiger partial charge in [0.05, 0.1) is 6.54 Å². The fourth-order valence-electron chi connectivity index (χ4n) is 5.90. The summed E-state index contributed by atoms with van der Waals surface area (Å²) in [5.41, 5.74) is 5.98. The molecule has 0 radical (unpaired) electrons. The van der Waals surface area contributed by atoms with Crippen LogP contribution in [0.3, 0.4) is 0 Å². The maximum absolute atomic E-state index is 13.5. The standard InChI is InChI=1S/C28H30N2O3/c1-3-15-29-18-20(19-9-4-5-10-21(19)29)26-27-22(11-6-13-24(27)31)30(16-8-17-33-2)23-12-7-14-25(32)28(23)26/h1,4-5,9-10,18,26H,6-8,11-17H2,2H3. The number of carbonyl (C=O) groups excluding carboxylic acids is 2. The molecule has 1 aromatic carbocycles. The Morgan fingerprint density at radius 1 is 1.03 bits per heavy atom. The Hall–Kier alpha value is -3.10. The third-order valence-corrected chi connectivity index (χ3v) is 7.21. The second-order valence-corrected chi connectivity index (χ2v) is 9.14. The number of ketones is 2. The monoisotopic (exact) mass is 442 g/mol. The second-order valence-electron chi connectivity index (χ2n) is 9.14. The minimum absolute atomic E-state index is 0.177. The number of rotatable bonds is 6. The molecule has 5 rings (SSSR count). The molecule has 0 unspecified atom stereocenters. The summed E-state index contributed by atoms with van der Waals surface area (Å²) in [6, 6.07) is 8.17. The molecule has 1 aliphatic heterocycles. The van der Waals surface area contributed by atoms with Crippen LogP contribution in [0.5, 0.6) is 0 Å². The molecular formula is C28H30N2O3. The lowest BCUT2D eigenvalue weighted by atomic mass is 9.71. The number of methoxy groups -OCH3 is 1. The number of allylic oxidation sites excluding steroid dienone is 4. The molecule has 0 fully saturated rings. The molecule has 5 heteroatoms. The Labute approximate surface area is 195 Å². The van der Waals surface area contributed by atoms with Crippen LogP contribution in [0.15, 0.2) is 53.0 Å². The zero-order chi connectivity index (χ0) is 22.9. The Morgan fingerprint density at radius 2 is 1.70 bits per heavy atom. The van der Waals surface area contributed by atoms with Gasteiger partial charge in [-0.25, -0.2) is 0 Å². The Balaban J connectivity index is 1.74. The minimum Gasteiger partial charge on any atom is -0.385 e. The molecule has 0 atom stereocenters. The van der Waals surface area contributed by atoms with Crippen molar-refractivity contribution in [3.63, 3.8) is 0 Å². The van der Waals surface area contributed by atoms with E-state index in [2.05, 4.69) is 33.7 Å². The van der Waals surface area contributed by atoms with E-state index in [0.29, 0.717) is 26.0 Å². The highest BCUT2D eigenvalue weighted by Crippen LogP contribution is 2.50. The number of ether oxygens (including phenoxy) is 1. The third-order valence-electron chi connectivity index (χ3n) is 7.21. The van der Waals surface area contributed by atoms with Crippen LogP contribution in [0.2, 0.25) is 0 Å². The average molecular weight is 443 g/mol. The molecule has 1 aromatic heterocycles. The number of hydrogen-bond donors (Lipinski definition) is 0. The first kappa shape index (κ1) is 21.7. The first-order valence-electron chi connectivity index (χ1n) is 12.0. The highest BCUT2D eigenvalue weighted by Gasteiger charge is 2.43. The summed E-state index contributed by atoms with van der Waals surface area (Å²) in [5.74, 6) is 2.79. The predicted molar refractivity (Wildman–Crippen MR) is 128 cm³/mol. The zero-order valence-corrected chi connectivity index (χ0v) is 19.2. The predicted octanol–water partition coefficient (Wildman–Crippen LogP) is 4.72. The number of benzene rings is 1. The summed E-state index contributed by atoms with van der Waals surface area (Å²) in [4.78, 5) is 29.2. The lowest BCUT2D eigenvalue weighted by molar-refractivity contribution is -0.117. The fourth-order valence-corrected chi connectivity index (χ4v) is 5.90. The van der Waals surface area contributed by atoms with Gasteiger partial charge in [-0.15, -0.1) is 6.42 Å². The number of nitrogens with zero attached hydrogens (tertiary/aromatic N) is 2. The van der Waals surface area contributed by atoms with Gasteiger partial charge in [-0.1, -0.05) is 24.1 Å². The van der Waals surface area contributed by atoms with E-state index in [9.17, 15) is 9.59 Å². The second kappa shape index (κ2) is 9.03. The van der Waals surface area contributed by atoms with E-state index in [1.165, 1.54) is 0 Å². The Morgan fingerprint density at radius 3 is 2.33 bits per heavy atom. The van der Waals surface area contributed by atoms with Gasteiger partial charge in [0, 0.05) is 78.7 Å². The van der Waals surface area contributed by atoms with Gasteiger partial charge < -0.3 is 14.2 Å². The van der Waals surface area contributed by atoms with Gasteiger partial charge in [-0.3, -0.25) is 9.59 Å². The van der Waals surface area contributed by atoms with Crippen molar-refractivity contribution in [3.05, 3.63) is 58.6 Å². The summed E-state index contributed by atoms with van der Waals surface area (Å²) in [6.07, 6.45) is 13.2. The molecule has 0 amide bonds. The number of terminal acetylenes is 1. The van der Waals surface area contributed by atoms with Gasteiger partial charge in [-0.05, 0) is 43.7 Å². The first-order valence-corrected chi connectivity index (χ1v) is 12.0. The van der Waals surface area contributed by atoms with Crippen molar-refractivity contribution < 1.29 is 14.3 Å². The molecule has 0 N–H and O–H groups in total. The van der Waals surface area contributed by atoms with Crippen molar-refractivity contribution in [1.82, 2.24) is 9.47 Å². The van der Waals surface area contributed by atoms with E-state index in [4.69, 9.17) is 11.2 Å². The Kier molecular flexibility index (Phi) is 5.95. The maximum Gasteiger partial charge on any atom is 0.161 e. The molecule has 2 aromatic rings. The number of Topliss-reactive ketones (excluding diaryl/α,β-unsaturated/α-hetero) is 2. The van der Waals surface area contributed by atoms with E-state index in [1.807, 2.05) is 12.1 Å². The van der Waals surface area contributed by atoms with E-state index < -0.39 is 0 Å². The number of carbonyl (C=O) groups is 2. The molecular weight excluding hydrogens is 412 g/mol. The van der Waals surface area contributed by atoms with Crippen molar-refractivity contribution in [2.75, 3.05) is 20.3 Å². The molecule has 0 saturated carbocycles. The molecule has 0 spiro atoms. The fraction of sp³-hybridized carbons (Fsp3) is 0.429. The van der Waals surface area contributed by atoms with Crippen LogP contribution in [0.25, 0.3) is 10.9 Å². The molecule has 0 bridgehead atoms. The summed E-state index contributed by atoms with van der Waals surface area (Å²) in [5, 5.41) is 1.07. The van der Waals surface area contributed by atoms with Crippen molar-refractivity contribution in [1.29, 1.82) is 0 Å². The van der Waals surface area contributed by atoms with Crippen molar-refractivity contribution >= 4 is 22.5 Å². The SMILES string of the molecule is C#CCn1cc(C2C3=C(CCCC3=O)N(CCCOC)C3=C2C(=O)CCC3)c2ccccc21. The topological polar surface area (TPSA) is 51.5 Å². The molecule has 33 heavy (non-hydrogen) atoms. The summed E-state index contributed by atoms with van der Waals surface area (Å²) in [6.45, 7) is 1.89. The van der Waals surface area contributed by atoms with Crippen LogP contribution in [0, 0.1) is 12.3 Å². The highest BCUT2D eigenvalue weighted by atomic mass is 16.5. The first-order chi connectivity index (χ1) is 16.2. The highest BCUT2D eigenvalue weighted by molar-refractivity contribution is 6.07. The van der Waals surface area contributed by atoms with E-state index >= 15 is 0 Å².